The third kappa shape index (κ3) is 6.29. The average molecular weight is 436 g/mol. The lowest BCUT2D eigenvalue weighted by atomic mass is 10.1. The number of carbonyl (C=O) groups is 1. The first kappa shape index (κ1) is 21.8. The number of nitrogens with one attached hydrogen (secondary N) is 1. The fourth-order valence-electron chi connectivity index (χ4n) is 3.59. The molecule has 1 N–H and O–H groups in total. The molecule has 1 saturated heterocycles. The van der Waals surface area contributed by atoms with E-state index >= 15 is 0 Å². The van der Waals surface area contributed by atoms with Crippen LogP contribution in [-0.2, 0) is 23.0 Å². The molecule has 0 atom stereocenters. The Labute approximate surface area is 177 Å². The topological polar surface area (TPSA) is 69.7 Å². The predicted molar refractivity (Wildman–Crippen MR) is 119 cm³/mol. The second-order valence-electron chi connectivity index (χ2n) is 7.52. The minimum absolute atomic E-state index is 0.00855. The lowest BCUT2D eigenvalue weighted by Gasteiger charge is -2.31. The molecule has 8 heteroatoms. The zero-order valence-electron chi connectivity index (χ0n) is 17.1. The van der Waals surface area contributed by atoms with Gasteiger partial charge in [-0.15, -0.1) is 11.3 Å². The Balaban J connectivity index is 1.63. The van der Waals surface area contributed by atoms with Crippen molar-refractivity contribution in [2.45, 2.75) is 32.2 Å². The first-order chi connectivity index (χ1) is 13.8. The van der Waals surface area contributed by atoms with Gasteiger partial charge >= 0.3 is 0 Å². The van der Waals surface area contributed by atoms with Crippen LogP contribution < -0.4 is 9.62 Å². The molecule has 1 aliphatic heterocycles. The van der Waals surface area contributed by atoms with Crippen molar-refractivity contribution in [3.8, 4) is 0 Å². The number of anilines is 1. The number of hydrogen-bond acceptors (Lipinski definition) is 5. The highest BCUT2D eigenvalue weighted by Crippen LogP contribution is 2.26. The van der Waals surface area contributed by atoms with E-state index < -0.39 is 10.0 Å². The fourth-order valence-corrected chi connectivity index (χ4v) is 5.06. The molecule has 0 radical (unpaired) electrons. The number of carbonyl (C=O) groups excluding carboxylic acids is 1. The molecule has 6 nitrogen and oxygen atoms in total. The van der Waals surface area contributed by atoms with E-state index in [1.165, 1.54) is 41.9 Å². The fraction of sp³-hybridized carbons (Fsp3) is 0.476. The van der Waals surface area contributed by atoms with E-state index in [9.17, 15) is 13.2 Å². The molecule has 3 rings (SSSR count). The molecule has 1 fully saturated rings. The summed E-state index contributed by atoms with van der Waals surface area (Å²) in [6.45, 7) is 3.05. The van der Waals surface area contributed by atoms with Crippen molar-refractivity contribution in [1.82, 2.24) is 9.62 Å². The number of hydrogen-bond donors (Lipinski definition) is 1. The van der Waals surface area contributed by atoms with Crippen LogP contribution in [0, 0.1) is 0 Å². The van der Waals surface area contributed by atoms with Gasteiger partial charge in [-0.1, -0.05) is 18.2 Å². The van der Waals surface area contributed by atoms with Gasteiger partial charge in [-0.05, 0) is 49.4 Å². The second kappa shape index (κ2) is 9.73. The van der Waals surface area contributed by atoms with Crippen molar-refractivity contribution in [1.29, 1.82) is 0 Å². The maximum absolute atomic E-state index is 12.9. The Morgan fingerprint density at radius 2 is 1.86 bits per heavy atom. The minimum atomic E-state index is -3.19. The number of rotatable bonds is 8. The van der Waals surface area contributed by atoms with Crippen LogP contribution in [0.15, 0.2) is 36.4 Å². The lowest BCUT2D eigenvalue weighted by molar-refractivity contribution is 0.0790. The number of para-hydroxylation sites is 1. The molecule has 1 aliphatic rings. The number of sulfonamides is 1. The van der Waals surface area contributed by atoms with Crippen molar-refractivity contribution < 1.29 is 13.2 Å². The van der Waals surface area contributed by atoms with Crippen molar-refractivity contribution in [2.24, 2.45) is 0 Å². The van der Waals surface area contributed by atoms with Crippen LogP contribution in [0.4, 0.5) is 5.69 Å². The average Bonchev–Trinajstić information content (AvgIpc) is 3.16. The number of nitrogens with zero attached hydrogens (tertiary/aromatic N) is 2. The van der Waals surface area contributed by atoms with Crippen LogP contribution in [0.2, 0.25) is 0 Å². The molecule has 1 aromatic heterocycles. The number of thiophene rings is 1. The molecule has 2 heterocycles. The summed E-state index contributed by atoms with van der Waals surface area (Å²) in [7, 11) is -1.36. The summed E-state index contributed by atoms with van der Waals surface area (Å²) < 4.78 is 24.8. The molecule has 0 aliphatic carbocycles. The van der Waals surface area contributed by atoms with Gasteiger partial charge in [0.2, 0.25) is 10.0 Å². The zero-order chi connectivity index (χ0) is 20.9. The van der Waals surface area contributed by atoms with Crippen molar-refractivity contribution >= 4 is 33.0 Å². The summed E-state index contributed by atoms with van der Waals surface area (Å²) in [6.07, 6.45) is 5.45. The molecule has 1 aromatic carbocycles. The van der Waals surface area contributed by atoms with Crippen LogP contribution in [-0.4, -0.2) is 52.2 Å². The SMILES string of the molecule is CN(Cc1ccccc1N1CCCCC1)C(=O)c1ccc(CCNS(C)(=O)=O)s1. The third-order valence-electron chi connectivity index (χ3n) is 5.05. The van der Waals surface area contributed by atoms with Gasteiger partial charge < -0.3 is 9.80 Å². The monoisotopic (exact) mass is 435 g/mol. The van der Waals surface area contributed by atoms with Crippen LogP contribution in [0.1, 0.15) is 39.4 Å². The molecular formula is C21H29N3O3S2. The molecular weight excluding hydrogens is 406 g/mol. The van der Waals surface area contributed by atoms with Gasteiger partial charge in [0.05, 0.1) is 11.1 Å². The van der Waals surface area contributed by atoms with Gasteiger partial charge in [-0.3, -0.25) is 4.79 Å². The summed E-state index contributed by atoms with van der Waals surface area (Å²) in [4.78, 5) is 18.7. The molecule has 29 heavy (non-hydrogen) atoms. The van der Waals surface area contributed by atoms with E-state index in [1.807, 2.05) is 25.2 Å². The Morgan fingerprint density at radius 1 is 1.14 bits per heavy atom. The van der Waals surface area contributed by atoms with Gasteiger partial charge in [0.25, 0.3) is 5.91 Å². The van der Waals surface area contributed by atoms with Crippen LogP contribution >= 0.6 is 11.3 Å². The van der Waals surface area contributed by atoms with E-state index in [0.717, 1.165) is 24.2 Å². The quantitative estimate of drug-likeness (QED) is 0.692. The maximum atomic E-state index is 12.9. The molecule has 158 valence electrons. The van der Waals surface area contributed by atoms with Crippen molar-refractivity contribution in [3.63, 3.8) is 0 Å². The highest BCUT2D eigenvalue weighted by atomic mass is 32.2. The summed E-state index contributed by atoms with van der Waals surface area (Å²) in [5.41, 5.74) is 2.39. The largest absolute Gasteiger partial charge is 0.371 e. The summed E-state index contributed by atoms with van der Waals surface area (Å²) in [5, 5.41) is 0. The van der Waals surface area contributed by atoms with Gasteiger partial charge in [-0.25, -0.2) is 13.1 Å². The molecule has 0 saturated carbocycles. The van der Waals surface area contributed by atoms with Crippen molar-refractivity contribution in [3.05, 3.63) is 51.7 Å². The Hall–Kier alpha value is -1.90. The van der Waals surface area contributed by atoms with Crippen molar-refractivity contribution in [2.75, 3.05) is 37.8 Å². The van der Waals surface area contributed by atoms with E-state index in [4.69, 9.17) is 0 Å². The standard InChI is InChI=1S/C21H29N3O3S2/c1-23(16-17-8-4-5-9-19(17)24-14-6-3-7-15-24)21(25)20-11-10-18(28-20)12-13-22-29(2,26)27/h4-5,8-11,22H,3,6-7,12-16H2,1-2H3. The normalized spacial score (nSPS) is 14.8. The van der Waals surface area contributed by atoms with Crippen LogP contribution in [0.3, 0.4) is 0 Å². The van der Waals surface area contributed by atoms with E-state index in [-0.39, 0.29) is 5.91 Å². The predicted octanol–water partition coefficient (Wildman–Crippen LogP) is 3.10. The molecule has 1 amide bonds. The van der Waals surface area contributed by atoms with Gasteiger partial charge in [0, 0.05) is 43.8 Å². The second-order valence-corrected chi connectivity index (χ2v) is 10.5. The number of benzene rings is 1. The van der Waals surface area contributed by atoms with Gasteiger partial charge in [0.15, 0.2) is 0 Å². The van der Waals surface area contributed by atoms with E-state index in [0.29, 0.717) is 24.4 Å². The Kier molecular flexibility index (Phi) is 7.32. The first-order valence-corrected chi connectivity index (χ1v) is 12.7. The molecule has 0 spiro atoms. The number of piperidine rings is 1. The first-order valence-electron chi connectivity index (χ1n) is 9.95. The smallest absolute Gasteiger partial charge is 0.263 e. The van der Waals surface area contributed by atoms with Gasteiger partial charge in [-0.2, -0.15) is 0 Å². The van der Waals surface area contributed by atoms with Gasteiger partial charge in [0.1, 0.15) is 0 Å². The lowest BCUT2D eigenvalue weighted by Crippen LogP contribution is -2.32. The molecule has 0 bridgehead atoms. The summed E-state index contributed by atoms with van der Waals surface area (Å²) >= 11 is 1.43. The summed E-state index contributed by atoms with van der Waals surface area (Å²) in [5.74, 6) is -0.00855. The number of amides is 1. The highest BCUT2D eigenvalue weighted by molar-refractivity contribution is 7.88. The summed E-state index contributed by atoms with van der Waals surface area (Å²) in [6, 6.07) is 12.1. The molecule has 2 aromatic rings. The van der Waals surface area contributed by atoms with Crippen LogP contribution in [0.5, 0.6) is 0 Å². The molecule has 0 unspecified atom stereocenters. The van der Waals surface area contributed by atoms with Crippen LogP contribution in [0.25, 0.3) is 0 Å². The maximum Gasteiger partial charge on any atom is 0.263 e. The Bertz CT molecular complexity index is 934. The zero-order valence-corrected chi connectivity index (χ0v) is 18.7. The van der Waals surface area contributed by atoms with E-state index in [2.05, 4.69) is 27.8 Å². The van der Waals surface area contributed by atoms with E-state index in [1.54, 1.807) is 4.90 Å². The third-order valence-corrected chi connectivity index (χ3v) is 6.91. The Morgan fingerprint density at radius 3 is 2.59 bits per heavy atom. The highest BCUT2D eigenvalue weighted by Gasteiger charge is 2.18. The minimum Gasteiger partial charge on any atom is -0.371 e.